The maximum atomic E-state index is 11.4. The van der Waals surface area contributed by atoms with E-state index in [1.807, 2.05) is 6.07 Å². The fourth-order valence-corrected chi connectivity index (χ4v) is 2.64. The third-order valence-corrected chi connectivity index (χ3v) is 3.87. The number of thioether (sulfide) groups is 1. The third kappa shape index (κ3) is 4.86. The van der Waals surface area contributed by atoms with E-state index in [1.165, 1.54) is 6.92 Å². The number of Topliss-reactive ketones (excluding diaryl/α,β-unsaturated/α-hetero) is 1. The van der Waals surface area contributed by atoms with Gasteiger partial charge in [-0.25, -0.2) is 0 Å². The van der Waals surface area contributed by atoms with E-state index in [0.29, 0.717) is 23.5 Å². The summed E-state index contributed by atoms with van der Waals surface area (Å²) >= 11 is 1.57. The van der Waals surface area contributed by atoms with Crippen molar-refractivity contribution < 1.29 is 19.4 Å². The zero-order valence-electron chi connectivity index (χ0n) is 11.6. The van der Waals surface area contributed by atoms with Crippen molar-refractivity contribution in [2.45, 2.75) is 25.1 Å². The van der Waals surface area contributed by atoms with Gasteiger partial charge < -0.3 is 15.6 Å². The summed E-state index contributed by atoms with van der Waals surface area (Å²) in [4.78, 5) is 22.0. The number of carboxylic acid groups (broad SMARTS) is 1. The molecule has 0 aliphatic carbocycles. The van der Waals surface area contributed by atoms with E-state index in [4.69, 9.17) is 15.6 Å². The molecule has 1 unspecified atom stereocenters. The minimum Gasteiger partial charge on any atom is -0.496 e. The first-order valence-corrected chi connectivity index (χ1v) is 7.35. The van der Waals surface area contributed by atoms with Gasteiger partial charge in [-0.1, -0.05) is 0 Å². The van der Waals surface area contributed by atoms with Crippen LogP contribution in [0.1, 0.15) is 29.3 Å². The molecule has 1 atom stereocenters. The molecule has 0 saturated heterocycles. The number of rotatable bonds is 8. The number of nitrogens with two attached hydrogens (primary N) is 1. The second-order valence-electron chi connectivity index (χ2n) is 4.37. The summed E-state index contributed by atoms with van der Waals surface area (Å²) in [6.07, 6.45) is 0.411. The van der Waals surface area contributed by atoms with E-state index in [2.05, 4.69) is 0 Å². The van der Waals surface area contributed by atoms with Gasteiger partial charge in [-0.2, -0.15) is 11.8 Å². The average molecular weight is 297 g/mol. The van der Waals surface area contributed by atoms with E-state index >= 15 is 0 Å². The fourth-order valence-electron chi connectivity index (χ4n) is 1.63. The summed E-state index contributed by atoms with van der Waals surface area (Å²) in [6, 6.07) is 4.49. The monoisotopic (exact) mass is 297 g/mol. The summed E-state index contributed by atoms with van der Waals surface area (Å²) in [5, 5.41) is 8.69. The van der Waals surface area contributed by atoms with Gasteiger partial charge >= 0.3 is 5.97 Å². The van der Waals surface area contributed by atoms with Crippen LogP contribution in [0.5, 0.6) is 5.75 Å². The minimum absolute atomic E-state index is 0.00630. The van der Waals surface area contributed by atoms with Crippen molar-refractivity contribution in [3.63, 3.8) is 0 Å². The topological polar surface area (TPSA) is 89.6 Å². The molecule has 1 rings (SSSR count). The predicted molar refractivity (Wildman–Crippen MR) is 79.4 cm³/mol. The SMILES string of the molecule is COc1ccc(C(C)=O)cc1CSCCC(N)C(=O)O. The number of benzene rings is 1. The lowest BCUT2D eigenvalue weighted by Crippen LogP contribution is -2.30. The summed E-state index contributed by atoms with van der Waals surface area (Å²) in [5.74, 6) is 1.04. The molecule has 0 aliphatic heterocycles. The molecular formula is C14H19NO4S. The van der Waals surface area contributed by atoms with Crippen LogP contribution in [0.2, 0.25) is 0 Å². The van der Waals surface area contributed by atoms with Crippen LogP contribution in [0.15, 0.2) is 18.2 Å². The Kier molecular flexibility index (Phi) is 6.54. The van der Waals surface area contributed by atoms with Crippen molar-refractivity contribution in [3.05, 3.63) is 29.3 Å². The summed E-state index contributed by atoms with van der Waals surface area (Å²) < 4.78 is 5.25. The van der Waals surface area contributed by atoms with Gasteiger partial charge in [-0.05, 0) is 37.3 Å². The van der Waals surface area contributed by atoms with Gasteiger partial charge in [0.15, 0.2) is 5.78 Å². The number of hydrogen-bond donors (Lipinski definition) is 2. The number of hydrogen-bond acceptors (Lipinski definition) is 5. The quantitative estimate of drug-likeness (QED) is 0.563. The van der Waals surface area contributed by atoms with Crippen LogP contribution in [0.3, 0.4) is 0 Å². The molecule has 0 aromatic heterocycles. The molecule has 0 aliphatic rings. The van der Waals surface area contributed by atoms with Gasteiger partial charge in [0.1, 0.15) is 11.8 Å². The molecule has 0 amide bonds. The maximum absolute atomic E-state index is 11.4. The number of carbonyl (C=O) groups excluding carboxylic acids is 1. The zero-order chi connectivity index (χ0) is 15.1. The second kappa shape index (κ2) is 7.91. The first-order valence-electron chi connectivity index (χ1n) is 6.19. The highest BCUT2D eigenvalue weighted by Crippen LogP contribution is 2.25. The molecule has 6 heteroatoms. The van der Waals surface area contributed by atoms with Gasteiger partial charge in [0, 0.05) is 16.9 Å². The van der Waals surface area contributed by atoms with Crippen LogP contribution in [-0.4, -0.2) is 35.8 Å². The molecule has 0 radical (unpaired) electrons. The lowest BCUT2D eigenvalue weighted by molar-refractivity contribution is -0.138. The number of ether oxygens (including phenoxy) is 1. The highest BCUT2D eigenvalue weighted by molar-refractivity contribution is 7.98. The Morgan fingerprint density at radius 3 is 2.70 bits per heavy atom. The highest BCUT2D eigenvalue weighted by Gasteiger charge is 2.11. The molecule has 3 N–H and O–H groups in total. The molecule has 0 fully saturated rings. The van der Waals surface area contributed by atoms with Crippen molar-refractivity contribution in [2.75, 3.05) is 12.9 Å². The molecule has 0 spiro atoms. The zero-order valence-corrected chi connectivity index (χ0v) is 12.4. The van der Waals surface area contributed by atoms with Crippen molar-refractivity contribution in [1.29, 1.82) is 0 Å². The second-order valence-corrected chi connectivity index (χ2v) is 5.47. The Labute approximate surface area is 122 Å². The van der Waals surface area contributed by atoms with Gasteiger partial charge in [-0.3, -0.25) is 9.59 Å². The molecule has 1 aromatic rings. The average Bonchev–Trinajstić information content (AvgIpc) is 2.42. The smallest absolute Gasteiger partial charge is 0.320 e. The molecule has 0 heterocycles. The van der Waals surface area contributed by atoms with E-state index in [0.717, 1.165) is 11.3 Å². The Morgan fingerprint density at radius 2 is 2.15 bits per heavy atom. The number of aliphatic carboxylic acids is 1. The molecule has 110 valence electrons. The van der Waals surface area contributed by atoms with Gasteiger partial charge in [0.25, 0.3) is 0 Å². The molecule has 1 aromatic carbocycles. The van der Waals surface area contributed by atoms with Crippen LogP contribution >= 0.6 is 11.8 Å². The van der Waals surface area contributed by atoms with Crippen molar-refractivity contribution in [3.8, 4) is 5.75 Å². The predicted octanol–water partition coefficient (Wildman–Crippen LogP) is 1.93. The van der Waals surface area contributed by atoms with E-state index in [9.17, 15) is 9.59 Å². The normalized spacial score (nSPS) is 11.9. The largest absolute Gasteiger partial charge is 0.496 e. The molecule has 0 bridgehead atoms. The molecule has 5 nitrogen and oxygen atoms in total. The van der Waals surface area contributed by atoms with Crippen molar-refractivity contribution in [1.82, 2.24) is 0 Å². The first kappa shape index (κ1) is 16.5. The van der Waals surface area contributed by atoms with E-state index < -0.39 is 12.0 Å². The van der Waals surface area contributed by atoms with Crippen LogP contribution in [-0.2, 0) is 10.5 Å². The lowest BCUT2D eigenvalue weighted by Gasteiger charge is -2.10. The number of carboxylic acids is 1. The standard InChI is InChI=1S/C14H19NO4S/c1-9(16)10-3-4-13(19-2)11(7-10)8-20-6-5-12(15)14(17)18/h3-4,7,12H,5-6,8,15H2,1-2H3,(H,17,18). The van der Waals surface area contributed by atoms with Gasteiger partial charge in [0.05, 0.1) is 7.11 Å². The van der Waals surface area contributed by atoms with Crippen molar-refractivity contribution >= 4 is 23.5 Å². The summed E-state index contributed by atoms with van der Waals surface area (Å²) in [5.41, 5.74) is 7.00. The molecule has 20 heavy (non-hydrogen) atoms. The molecular weight excluding hydrogens is 278 g/mol. The summed E-state index contributed by atoms with van der Waals surface area (Å²) in [6.45, 7) is 1.52. The fraction of sp³-hybridized carbons (Fsp3) is 0.429. The maximum Gasteiger partial charge on any atom is 0.320 e. The lowest BCUT2D eigenvalue weighted by atomic mass is 10.1. The van der Waals surface area contributed by atoms with Crippen molar-refractivity contribution in [2.24, 2.45) is 5.73 Å². The Balaban J connectivity index is 2.60. The van der Waals surface area contributed by atoms with Crippen LogP contribution in [0.25, 0.3) is 0 Å². The first-order chi connectivity index (χ1) is 9.45. The van der Waals surface area contributed by atoms with Crippen LogP contribution in [0.4, 0.5) is 0 Å². The highest BCUT2D eigenvalue weighted by atomic mass is 32.2. The number of methoxy groups -OCH3 is 1. The number of ketones is 1. The Hall–Kier alpha value is -1.53. The minimum atomic E-state index is -0.984. The van der Waals surface area contributed by atoms with Crippen LogP contribution < -0.4 is 10.5 Å². The third-order valence-electron chi connectivity index (χ3n) is 2.83. The Bertz CT molecular complexity index is 490. The molecule has 0 saturated carbocycles. The Morgan fingerprint density at radius 1 is 1.45 bits per heavy atom. The van der Waals surface area contributed by atoms with E-state index in [1.54, 1.807) is 31.0 Å². The van der Waals surface area contributed by atoms with Gasteiger partial charge in [-0.15, -0.1) is 0 Å². The number of carbonyl (C=O) groups is 2. The van der Waals surface area contributed by atoms with Crippen LogP contribution in [0, 0.1) is 0 Å². The summed E-state index contributed by atoms with van der Waals surface area (Å²) in [7, 11) is 1.58. The van der Waals surface area contributed by atoms with Gasteiger partial charge in [0.2, 0.25) is 0 Å². The van der Waals surface area contributed by atoms with E-state index in [-0.39, 0.29) is 5.78 Å².